The standard InChI is InChI=1S/C21H30N4O7/c1-3-12(2)18(21(31)32)25-20(30)15(10-17(27)28)24-19(29)14(23-16(26)11-22)9-13-7-5-4-6-8-13/h4-8,12,14-15,18H,3,9-11,22H2,1-2H3,(H,23,26)(H,24,29)(H,25,30)(H,27,28)(H,31,32). The van der Waals surface area contributed by atoms with E-state index in [2.05, 4.69) is 16.0 Å². The Kier molecular flexibility index (Phi) is 10.8. The second kappa shape index (κ2) is 13.1. The van der Waals surface area contributed by atoms with Crippen LogP contribution in [0, 0.1) is 5.92 Å². The van der Waals surface area contributed by atoms with E-state index in [0.29, 0.717) is 12.0 Å². The lowest BCUT2D eigenvalue weighted by molar-refractivity contribution is -0.144. The zero-order valence-electron chi connectivity index (χ0n) is 18.0. The molecule has 0 saturated heterocycles. The van der Waals surface area contributed by atoms with Crippen molar-refractivity contribution < 1.29 is 34.2 Å². The fourth-order valence-electron chi connectivity index (χ4n) is 2.91. The number of benzene rings is 1. The van der Waals surface area contributed by atoms with E-state index in [1.54, 1.807) is 44.2 Å². The second-order valence-electron chi connectivity index (χ2n) is 7.38. The van der Waals surface area contributed by atoms with Crippen molar-refractivity contribution in [3.63, 3.8) is 0 Å². The molecule has 3 amide bonds. The van der Waals surface area contributed by atoms with Crippen molar-refractivity contribution in [1.82, 2.24) is 16.0 Å². The minimum atomic E-state index is -1.54. The van der Waals surface area contributed by atoms with Crippen LogP contribution in [0.5, 0.6) is 0 Å². The highest BCUT2D eigenvalue weighted by atomic mass is 16.4. The molecule has 1 aromatic carbocycles. The van der Waals surface area contributed by atoms with Gasteiger partial charge < -0.3 is 31.9 Å². The van der Waals surface area contributed by atoms with Crippen LogP contribution in [-0.4, -0.2) is 64.5 Å². The van der Waals surface area contributed by atoms with Gasteiger partial charge in [0.05, 0.1) is 13.0 Å². The van der Waals surface area contributed by atoms with E-state index in [1.165, 1.54) is 0 Å². The number of hydrogen-bond donors (Lipinski definition) is 6. The smallest absolute Gasteiger partial charge is 0.326 e. The van der Waals surface area contributed by atoms with Crippen LogP contribution in [0.3, 0.4) is 0 Å². The number of nitrogens with one attached hydrogen (secondary N) is 3. The molecule has 0 aliphatic heterocycles. The SMILES string of the molecule is CCC(C)C(NC(=O)C(CC(=O)O)NC(=O)C(Cc1ccccc1)NC(=O)CN)C(=O)O. The van der Waals surface area contributed by atoms with Crippen LogP contribution in [0.25, 0.3) is 0 Å². The Morgan fingerprint density at radius 3 is 2.03 bits per heavy atom. The Hall–Kier alpha value is -3.47. The maximum Gasteiger partial charge on any atom is 0.326 e. The predicted molar refractivity (Wildman–Crippen MR) is 114 cm³/mol. The summed E-state index contributed by atoms with van der Waals surface area (Å²) in [4.78, 5) is 60.0. The molecule has 1 aromatic rings. The molecular weight excluding hydrogens is 420 g/mol. The minimum Gasteiger partial charge on any atom is -0.481 e. The lowest BCUT2D eigenvalue weighted by Crippen LogP contribution is -2.57. The van der Waals surface area contributed by atoms with E-state index in [-0.39, 0.29) is 13.0 Å². The monoisotopic (exact) mass is 450 g/mol. The van der Waals surface area contributed by atoms with E-state index in [1.807, 2.05) is 0 Å². The van der Waals surface area contributed by atoms with Crippen molar-refractivity contribution in [2.24, 2.45) is 11.7 Å². The Labute approximate surface area is 185 Å². The molecule has 0 saturated carbocycles. The van der Waals surface area contributed by atoms with Gasteiger partial charge in [-0.3, -0.25) is 19.2 Å². The Bertz CT molecular complexity index is 816. The molecule has 0 aliphatic rings. The number of aliphatic carboxylic acids is 2. The fourth-order valence-corrected chi connectivity index (χ4v) is 2.91. The average Bonchev–Trinajstić information content (AvgIpc) is 2.75. The van der Waals surface area contributed by atoms with Crippen LogP contribution in [0.4, 0.5) is 0 Å². The van der Waals surface area contributed by atoms with E-state index < -0.39 is 60.1 Å². The van der Waals surface area contributed by atoms with Gasteiger partial charge in [-0.05, 0) is 11.5 Å². The summed E-state index contributed by atoms with van der Waals surface area (Å²) >= 11 is 0. The van der Waals surface area contributed by atoms with Gasteiger partial charge in [0.2, 0.25) is 17.7 Å². The quantitative estimate of drug-likeness (QED) is 0.226. The van der Waals surface area contributed by atoms with E-state index >= 15 is 0 Å². The third-order valence-corrected chi connectivity index (χ3v) is 4.91. The summed E-state index contributed by atoms with van der Waals surface area (Å²) in [6.07, 6.45) is -0.241. The minimum absolute atomic E-state index is 0.0739. The highest BCUT2D eigenvalue weighted by molar-refractivity contribution is 5.95. The summed E-state index contributed by atoms with van der Waals surface area (Å²) in [5, 5.41) is 25.6. The summed E-state index contributed by atoms with van der Waals surface area (Å²) in [5.41, 5.74) is 6.03. The Morgan fingerprint density at radius 2 is 1.53 bits per heavy atom. The summed E-state index contributed by atoms with van der Waals surface area (Å²) in [6.45, 7) is 3.01. The summed E-state index contributed by atoms with van der Waals surface area (Å²) in [7, 11) is 0. The molecule has 0 radical (unpaired) electrons. The molecule has 4 atom stereocenters. The normalized spacial score (nSPS) is 14.3. The van der Waals surface area contributed by atoms with Crippen molar-refractivity contribution in [3.8, 4) is 0 Å². The highest BCUT2D eigenvalue weighted by Crippen LogP contribution is 2.09. The summed E-state index contributed by atoms with van der Waals surface area (Å²) < 4.78 is 0. The van der Waals surface area contributed by atoms with E-state index in [0.717, 1.165) is 0 Å². The van der Waals surface area contributed by atoms with Crippen LogP contribution < -0.4 is 21.7 Å². The molecular formula is C21H30N4O7. The van der Waals surface area contributed by atoms with Gasteiger partial charge in [-0.25, -0.2) is 4.79 Å². The fraction of sp³-hybridized carbons (Fsp3) is 0.476. The van der Waals surface area contributed by atoms with Crippen molar-refractivity contribution in [2.45, 2.75) is 51.2 Å². The van der Waals surface area contributed by atoms with Gasteiger partial charge in [0.1, 0.15) is 18.1 Å². The lowest BCUT2D eigenvalue weighted by Gasteiger charge is -2.25. The van der Waals surface area contributed by atoms with Crippen molar-refractivity contribution >= 4 is 29.7 Å². The molecule has 11 nitrogen and oxygen atoms in total. The van der Waals surface area contributed by atoms with Gasteiger partial charge in [-0.15, -0.1) is 0 Å². The highest BCUT2D eigenvalue weighted by Gasteiger charge is 2.32. The second-order valence-corrected chi connectivity index (χ2v) is 7.38. The Morgan fingerprint density at radius 1 is 0.938 bits per heavy atom. The lowest BCUT2D eigenvalue weighted by atomic mass is 9.98. The Balaban J connectivity index is 3.04. The molecule has 0 spiro atoms. The maximum atomic E-state index is 12.8. The van der Waals surface area contributed by atoms with Crippen molar-refractivity contribution in [2.75, 3.05) is 6.54 Å². The predicted octanol–water partition coefficient (Wildman–Crippen LogP) is -0.752. The topological polar surface area (TPSA) is 188 Å². The zero-order valence-corrected chi connectivity index (χ0v) is 18.0. The van der Waals surface area contributed by atoms with Crippen LogP contribution in [0.15, 0.2) is 30.3 Å². The average molecular weight is 450 g/mol. The van der Waals surface area contributed by atoms with Crippen molar-refractivity contribution in [1.29, 1.82) is 0 Å². The molecule has 4 unspecified atom stereocenters. The third kappa shape index (κ3) is 8.72. The van der Waals surface area contributed by atoms with Gasteiger partial charge in [-0.1, -0.05) is 50.6 Å². The summed E-state index contributed by atoms with van der Waals surface area (Å²) in [5.74, 6) is -5.42. The van der Waals surface area contributed by atoms with E-state index in [9.17, 15) is 29.1 Å². The van der Waals surface area contributed by atoms with Crippen LogP contribution >= 0.6 is 0 Å². The van der Waals surface area contributed by atoms with E-state index in [4.69, 9.17) is 10.8 Å². The number of hydrogen-bond acceptors (Lipinski definition) is 6. The molecule has 0 heterocycles. The molecule has 176 valence electrons. The molecule has 7 N–H and O–H groups in total. The molecule has 0 bridgehead atoms. The number of amides is 3. The van der Waals surface area contributed by atoms with Crippen molar-refractivity contribution in [3.05, 3.63) is 35.9 Å². The first kappa shape index (κ1) is 26.6. The van der Waals surface area contributed by atoms with Gasteiger partial charge in [-0.2, -0.15) is 0 Å². The van der Waals surface area contributed by atoms with Gasteiger partial charge in [0.25, 0.3) is 0 Å². The molecule has 11 heteroatoms. The first-order valence-corrected chi connectivity index (χ1v) is 10.2. The maximum absolute atomic E-state index is 12.8. The summed E-state index contributed by atoms with van der Waals surface area (Å²) in [6, 6.07) is 4.83. The molecule has 1 rings (SSSR count). The largest absolute Gasteiger partial charge is 0.481 e. The van der Waals surface area contributed by atoms with Crippen LogP contribution in [-0.2, 0) is 30.4 Å². The van der Waals surface area contributed by atoms with Gasteiger partial charge in [0, 0.05) is 6.42 Å². The first-order chi connectivity index (χ1) is 15.1. The number of rotatable bonds is 13. The number of carbonyl (C=O) groups excluding carboxylic acids is 3. The molecule has 0 fully saturated rings. The molecule has 32 heavy (non-hydrogen) atoms. The van der Waals surface area contributed by atoms with Crippen LogP contribution in [0.2, 0.25) is 0 Å². The number of carbonyl (C=O) groups is 5. The number of nitrogens with two attached hydrogens (primary N) is 1. The third-order valence-electron chi connectivity index (χ3n) is 4.91. The number of carboxylic acid groups (broad SMARTS) is 2. The van der Waals surface area contributed by atoms with Gasteiger partial charge >= 0.3 is 11.9 Å². The van der Waals surface area contributed by atoms with Gasteiger partial charge in [0.15, 0.2) is 0 Å². The zero-order chi connectivity index (χ0) is 24.3. The molecule has 0 aliphatic carbocycles. The number of carboxylic acids is 2. The molecule has 0 aromatic heterocycles. The van der Waals surface area contributed by atoms with Crippen LogP contribution in [0.1, 0.15) is 32.3 Å². The first-order valence-electron chi connectivity index (χ1n) is 10.2.